The van der Waals surface area contributed by atoms with Gasteiger partial charge in [-0.3, -0.25) is 4.90 Å². The van der Waals surface area contributed by atoms with E-state index in [0.717, 1.165) is 41.9 Å². The molecule has 0 saturated carbocycles. The Morgan fingerprint density at radius 2 is 1.82 bits per heavy atom. The summed E-state index contributed by atoms with van der Waals surface area (Å²) in [5.41, 5.74) is 2.33. The lowest BCUT2D eigenvalue weighted by Crippen LogP contribution is -2.46. The summed E-state index contributed by atoms with van der Waals surface area (Å²) in [5.74, 6) is 0. The Labute approximate surface area is 141 Å². The first-order valence-corrected chi connectivity index (χ1v) is 8.86. The highest BCUT2D eigenvalue weighted by atomic mass is 35.5. The maximum atomic E-state index is 6.52. The molecule has 1 aliphatic heterocycles. The van der Waals surface area contributed by atoms with Crippen LogP contribution in [-0.2, 0) is 0 Å². The van der Waals surface area contributed by atoms with Gasteiger partial charge in [-0.2, -0.15) is 0 Å². The molecule has 0 amide bonds. The summed E-state index contributed by atoms with van der Waals surface area (Å²) in [7, 11) is 2.18. The van der Waals surface area contributed by atoms with Crippen LogP contribution in [0.4, 0.5) is 0 Å². The zero-order chi connectivity index (χ0) is 15.7. The van der Waals surface area contributed by atoms with Crippen molar-refractivity contribution in [3.63, 3.8) is 0 Å². The minimum atomic E-state index is 0.216. The Bertz CT molecular complexity index is 647. The number of nitrogens with zero attached hydrogens (tertiary/aromatic N) is 3. The normalized spacial score (nSPS) is 18.5. The van der Waals surface area contributed by atoms with E-state index >= 15 is 0 Å². The lowest BCUT2D eigenvalue weighted by Gasteiger charge is -2.38. The first kappa shape index (κ1) is 15.9. The summed E-state index contributed by atoms with van der Waals surface area (Å²) in [4.78, 5) is 10.9. The van der Waals surface area contributed by atoms with Gasteiger partial charge in [-0.15, -0.1) is 11.3 Å². The number of piperazine rings is 1. The minimum Gasteiger partial charge on any atom is -0.304 e. The molecule has 1 saturated heterocycles. The van der Waals surface area contributed by atoms with Gasteiger partial charge in [0.05, 0.1) is 16.7 Å². The average molecular weight is 336 g/mol. The van der Waals surface area contributed by atoms with Gasteiger partial charge >= 0.3 is 0 Å². The molecule has 2 heterocycles. The Morgan fingerprint density at radius 1 is 1.14 bits per heavy atom. The molecule has 1 aliphatic rings. The smallest absolute Gasteiger partial charge is 0.0900 e. The molecule has 1 unspecified atom stereocenters. The number of halogens is 1. The molecule has 1 aromatic heterocycles. The van der Waals surface area contributed by atoms with E-state index in [2.05, 4.69) is 47.8 Å². The minimum absolute atomic E-state index is 0.216. The average Bonchev–Trinajstić information content (AvgIpc) is 2.82. The number of thiazole rings is 1. The third-order valence-electron chi connectivity index (χ3n) is 4.29. The van der Waals surface area contributed by atoms with Gasteiger partial charge in [-0.25, -0.2) is 4.98 Å². The topological polar surface area (TPSA) is 19.4 Å². The van der Waals surface area contributed by atoms with Crippen molar-refractivity contribution in [2.75, 3.05) is 33.2 Å². The van der Waals surface area contributed by atoms with Crippen molar-refractivity contribution in [1.82, 2.24) is 14.8 Å². The Morgan fingerprint density at radius 3 is 2.41 bits per heavy atom. The molecule has 0 radical (unpaired) electrons. The van der Waals surface area contributed by atoms with Crippen LogP contribution in [0.25, 0.3) is 0 Å². The monoisotopic (exact) mass is 335 g/mol. The fraction of sp³-hybridized carbons (Fsp3) is 0.471. The van der Waals surface area contributed by atoms with Gasteiger partial charge < -0.3 is 4.90 Å². The third-order valence-corrected chi connectivity index (χ3v) is 5.76. The zero-order valence-corrected chi connectivity index (χ0v) is 14.9. The molecule has 5 heteroatoms. The first-order valence-electron chi connectivity index (χ1n) is 7.67. The van der Waals surface area contributed by atoms with Crippen molar-refractivity contribution >= 4 is 22.9 Å². The fourth-order valence-electron chi connectivity index (χ4n) is 3.08. The predicted molar refractivity (Wildman–Crippen MR) is 94.0 cm³/mol. The molecule has 0 aliphatic carbocycles. The summed E-state index contributed by atoms with van der Waals surface area (Å²) >= 11 is 8.32. The lowest BCUT2D eigenvalue weighted by molar-refractivity contribution is 0.128. The van der Waals surface area contributed by atoms with Crippen LogP contribution in [0, 0.1) is 13.8 Å². The zero-order valence-electron chi connectivity index (χ0n) is 13.3. The second kappa shape index (κ2) is 6.67. The molecule has 0 bridgehead atoms. The van der Waals surface area contributed by atoms with Crippen LogP contribution >= 0.6 is 22.9 Å². The molecule has 3 nitrogen and oxygen atoms in total. The van der Waals surface area contributed by atoms with Crippen molar-refractivity contribution in [3.8, 4) is 0 Å². The highest BCUT2D eigenvalue weighted by Gasteiger charge is 2.29. The van der Waals surface area contributed by atoms with Crippen molar-refractivity contribution < 1.29 is 0 Å². The second-order valence-electron chi connectivity index (χ2n) is 5.95. The van der Waals surface area contributed by atoms with E-state index in [0.29, 0.717) is 0 Å². The van der Waals surface area contributed by atoms with Gasteiger partial charge in [0.2, 0.25) is 0 Å². The van der Waals surface area contributed by atoms with E-state index in [-0.39, 0.29) is 6.04 Å². The summed E-state index contributed by atoms with van der Waals surface area (Å²) < 4.78 is 0. The molecule has 2 aromatic rings. The number of likely N-dealkylation sites (N-methyl/N-ethyl adjacent to an activating group) is 1. The standard InChI is InChI=1S/C17H22ClN3S/c1-12-17(22-13(2)19-12)16(14-6-4-5-7-15(14)18)21-10-8-20(3)9-11-21/h4-7,16H,8-11H2,1-3H3. The molecular weight excluding hydrogens is 314 g/mol. The summed E-state index contributed by atoms with van der Waals surface area (Å²) in [6, 6.07) is 8.43. The largest absolute Gasteiger partial charge is 0.304 e. The SMILES string of the molecule is Cc1nc(C)c(C(c2ccccc2Cl)N2CCN(C)CC2)s1. The number of hydrogen-bond acceptors (Lipinski definition) is 4. The maximum Gasteiger partial charge on any atom is 0.0900 e. The van der Waals surface area contributed by atoms with Crippen LogP contribution in [0.1, 0.15) is 27.2 Å². The molecule has 1 fully saturated rings. The van der Waals surface area contributed by atoms with E-state index in [4.69, 9.17) is 11.6 Å². The molecule has 22 heavy (non-hydrogen) atoms. The van der Waals surface area contributed by atoms with E-state index < -0.39 is 0 Å². The van der Waals surface area contributed by atoms with Gasteiger partial charge in [-0.05, 0) is 32.5 Å². The second-order valence-corrected chi connectivity index (χ2v) is 7.59. The van der Waals surface area contributed by atoms with Crippen LogP contribution < -0.4 is 0 Å². The number of rotatable bonds is 3. The van der Waals surface area contributed by atoms with E-state index in [1.807, 2.05) is 12.1 Å². The number of benzene rings is 1. The van der Waals surface area contributed by atoms with Gasteiger partial charge in [-0.1, -0.05) is 29.8 Å². The van der Waals surface area contributed by atoms with Crippen molar-refractivity contribution in [1.29, 1.82) is 0 Å². The highest BCUT2D eigenvalue weighted by molar-refractivity contribution is 7.11. The third kappa shape index (κ3) is 3.20. The summed E-state index contributed by atoms with van der Waals surface area (Å²) in [6.45, 7) is 8.49. The quantitative estimate of drug-likeness (QED) is 0.851. The molecule has 1 atom stereocenters. The molecule has 0 spiro atoms. The molecule has 0 N–H and O–H groups in total. The Balaban J connectivity index is 2.03. The first-order chi connectivity index (χ1) is 10.6. The highest BCUT2D eigenvalue weighted by Crippen LogP contribution is 2.38. The van der Waals surface area contributed by atoms with E-state index in [9.17, 15) is 0 Å². The molecule has 118 valence electrons. The molecule has 3 rings (SSSR count). The fourth-order valence-corrected chi connectivity index (χ4v) is 4.40. The summed E-state index contributed by atoms with van der Waals surface area (Å²) in [6.07, 6.45) is 0. The maximum absolute atomic E-state index is 6.52. The molecular formula is C17H22ClN3S. The van der Waals surface area contributed by atoms with Crippen molar-refractivity contribution in [3.05, 3.63) is 50.4 Å². The number of aromatic nitrogens is 1. The lowest BCUT2D eigenvalue weighted by atomic mass is 10.0. The van der Waals surface area contributed by atoms with Crippen molar-refractivity contribution in [2.45, 2.75) is 19.9 Å². The van der Waals surface area contributed by atoms with Crippen LogP contribution in [-0.4, -0.2) is 48.0 Å². The van der Waals surface area contributed by atoms with E-state index in [1.165, 1.54) is 10.4 Å². The number of aryl methyl sites for hydroxylation is 2. The van der Waals surface area contributed by atoms with Gasteiger partial charge in [0.1, 0.15) is 0 Å². The molecule has 1 aromatic carbocycles. The number of hydrogen-bond donors (Lipinski definition) is 0. The summed E-state index contributed by atoms with van der Waals surface area (Å²) in [5, 5.41) is 1.97. The Hall–Kier alpha value is -0.940. The van der Waals surface area contributed by atoms with Gasteiger partial charge in [0.25, 0.3) is 0 Å². The van der Waals surface area contributed by atoms with Crippen LogP contribution in [0.3, 0.4) is 0 Å². The Kier molecular flexibility index (Phi) is 4.83. The van der Waals surface area contributed by atoms with Crippen LogP contribution in [0.15, 0.2) is 24.3 Å². The van der Waals surface area contributed by atoms with Crippen LogP contribution in [0.5, 0.6) is 0 Å². The van der Waals surface area contributed by atoms with Gasteiger partial charge in [0, 0.05) is 36.1 Å². The predicted octanol–water partition coefficient (Wildman–Crippen LogP) is 3.75. The van der Waals surface area contributed by atoms with Crippen LogP contribution in [0.2, 0.25) is 5.02 Å². The van der Waals surface area contributed by atoms with E-state index in [1.54, 1.807) is 11.3 Å². The van der Waals surface area contributed by atoms with Crippen molar-refractivity contribution in [2.24, 2.45) is 0 Å². The van der Waals surface area contributed by atoms with Gasteiger partial charge in [0.15, 0.2) is 0 Å².